The van der Waals surface area contributed by atoms with E-state index in [0.29, 0.717) is 18.8 Å². The van der Waals surface area contributed by atoms with Crippen molar-refractivity contribution in [3.63, 3.8) is 0 Å². The monoisotopic (exact) mass is 432 g/mol. The van der Waals surface area contributed by atoms with Gasteiger partial charge in [0.05, 0.1) is 22.3 Å². The minimum Gasteiger partial charge on any atom is -0.338 e. The van der Waals surface area contributed by atoms with Crippen LogP contribution >= 0.6 is 23.2 Å². The molecular formula is C16H18Cl2N4O4S. The Bertz CT molecular complexity index is 919. The number of rotatable bonds is 5. The molecule has 1 fully saturated rings. The third-order valence-electron chi connectivity index (χ3n) is 4.11. The summed E-state index contributed by atoms with van der Waals surface area (Å²) in [6, 6.07) is 6.20. The zero-order valence-corrected chi connectivity index (χ0v) is 16.8. The molecule has 0 spiro atoms. The van der Waals surface area contributed by atoms with E-state index in [2.05, 4.69) is 10.5 Å². The zero-order valence-electron chi connectivity index (χ0n) is 14.5. The Morgan fingerprint density at radius 1 is 1.22 bits per heavy atom. The van der Waals surface area contributed by atoms with Gasteiger partial charge in [0.1, 0.15) is 4.90 Å². The van der Waals surface area contributed by atoms with Crippen LogP contribution in [-0.4, -0.2) is 61.4 Å². The van der Waals surface area contributed by atoms with Gasteiger partial charge in [0.2, 0.25) is 21.8 Å². The second kappa shape index (κ2) is 8.15. The quantitative estimate of drug-likeness (QED) is 0.777. The number of nitrogens with zero attached hydrogens (tertiary/aromatic N) is 3. The Morgan fingerprint density at radius 2 is 1.85 bits per heavy atom. The number of aryl methyl sites for hydroxylation is 1. The van der Waals surface area contributed by atoms with E-state index in [1.165, 1.54) is 16.4 Å². The third-order valence-corrected chi connectivity index (χ3v) is 6.96. The number of amides is 1. The maximum absolute atomic E-state index is 12.8. The van der Waals surface area contributed by atoms with Gasteiger partial charge in [0.25, 0.3) is 0 Å². The SMILES string of the molecule is Cc1cc(NC(=O)CN2CCN(S(=O)(=O)c3c(Cl)cccc3Cl)CC2)on1. The molecule has 1 aliphatic rings. The molecule has 0 unspecified atom stereocenters. The summed E-state index contributed by atoms with van der Waals surface area (Å²) in [6.07, 6.45) is 0. The molecule has 8 nitrogen and oxygen atoms in total. The van der Waals surface area contributed by atoms with Crippen LogP contribution in [0.1, 0.15) is 5.69 Å². The van der Waals surface area contributed by atoms with Gasteiger partial charge in [-0.25, -0.2) is 8.42 Å². The first-order valence-corrected chi connectivity index (χ1v) is 10.4. The standard InChI is InChI=1S/C16H18Cl2N4O4S/c1-11-9-15(26-20-11)19-14(23)10-21-5-7-22(8-6-21)27(24,25)16-12(17)3-2-4-13(16)18/h2-4,9H,5-8,10H2,1H3,(H,19,23). The first-order valence-electron chi connectivity index (χ1n) is 8.17. The fourth-order valence-corrected chi connectivity index (χ4v) is 5.30. The topological polar surface area (TPSA) is 95.8 Å². The lowest BCUT2D eigenvalue weighted by atomic mass is 10.3. The number of halogens is 2. The predicted molar refractivity (Wildman–Crippen MR) is 102 cm³/mol. The van der Waals surface area contributed by atoms with Gasteiger partial charge >= 0.3 is 0 Å². The van der Waals surface area contributed by atoms with E-state index >= 15 is 0 Å². The number of nitrogens with one attached hydrogen (secondary N) is 1. The Morgan fingerprint density at radius 3 is 2.41 bits per heavy atom. The summed E-state index contributed by atoms with van der Waals surface area (Å²) in [5, 5.41) is 6.49. The van der Waals surface area contributed by atoms with E-state index in [0.717, 1.165) is 0 Å². The summed E-state index contributed by atoms with van der Waals surface area (Å²) in [4.78, 5) is 13.8. The van der Waals surface area contributed by atoms with Crippen molar-refractivity contribution in [1.29, 1.82) is 0 Å². The molecule has 3 rings (SSSR count). The highest BCUT2D eigenvalue weighted by molar-refractivity contribution is 7.89. The Labute approximate surface area is 167 Å². The van der Waals surface area contributed by atoms with Crippen molar-refractivity contribution in [3.8, 4) is 0 Å². The van der Waals surface area contributed by atoms with Gasteiger partial charge in [-0.15, -0.1) is 0 Å². The van der Waals surface area contributed by atoms with E-state index in [1.54, 1.807) is 19.1 Å². The highest BCUT2D eigenvalue weighted by Gasteiger charge is 2.32. The lowest BCUT2D eigenvalue weighted by molar-refractivity contribution is -0.117. The van der Waals surface area contributed by atoms with Crippen molar-refractivity contribution in [3.05, 3.63) is 40.0 Å². The van der Waals surface area contributed by atoms with Gasteiger partial charge in [0.15, 0.2) is 0 Å². The number of sulfonamides is 1. The maximum Gasteiger partial charge on any atom is 0.246 e. The first-order chi connectivity index (χ1) is 12.8. The van der Waals surface area contributed by atoms with Gasteiger partial charge < -0.3 is 4.52 Å². The van der Waals surface area contributed by atoms with Crippen molar-refractivity contribution < 1.29 is 17.7 Å². The highest BCUT2D eigenvalue weighted by atomic mass is 35.5. The molecule has 0 atom stereocenters. The number of aromatic nitrogens is 1. The van der Waals surface area contributed by atoms with Gasteiger partial charge in [0, 0.05) is 32.2 Å². The van der Waals surface area contributed by atoms with Crippen molar-refractivity contribution in [2.24, 2.45) is 0 Å². The van der Waals surface area contributed by atoms with Crippen LogP contribution in [0.3, 0.4) is 0 Å². The molecule has 146 valence electrons. The van der Waals surface area contributed by atoms with Crippen LogP contribution in [0.25, 0.3) is 0 Å². The fourth-order valence-electron chi connectivity index (χ4n) is 2.79. The van der Waals surface area contributed by atoms with Crippen LogP contribution < -0.4 is 5.32 Å². The molecule has 1 amide bonds. The molecule has 0 radical (unpaired) electrons. The van der Waals surface area contributed by atoms with Crippen LogP contribution in [0.2, 0.25) is 10.0 Å². The Kier molecular flexibility index (Phi) is 6.07. The smallest absolute Gasteiger partial charge is 0.246 e. The van der Waals surface area contributed by atoms with Crippen molar-refractivity contribution in [1.82, 2.24) is 14.4 Å². The molecule has 11 heteroatoms. The molecule has 1 aromatic carbocycles. The summed E-state index contributed by atoms with van der Waals surface area (Å²) >= 11 is 12.1. The largest absolute Gasteiger partial charge is 0.338 e. The maximum atomic E-state index is 12.8. The molecule has 0 bridgehead atoms. The average Bonchev–Trinajstić information content (AvgIpc) is 2.99. The van der Waals surface area contributed by atoms with Crippen molar-refractivity contribution >= 4 is 45.0 Å². The number of anilines is 1. The number of piperazine rings is 1. The molecular weight excluding hydrogens is 415 g/mol. The number of hydrogen-bond donors (Lipinski definition) is 1. The second-order valence-corrected chi connectivity index (χ2v) is 8.80. The van der Waals surface area contributed by atoms with Crippen LogP contribution in [-0.2, 0) is 14.8 Å². The number of carbonyl (C=O) groups excluding carboxylic acids is 1. The van der Waals surface area contributed by atoms with E-state index in [1.807, 2.05) is 4.90 Å². The lowest BCUT2D eigenvalue weighted by Crippen LogP contribution is -2.50. The van der Waals surface area contributed by atoms with Crippen molar-refractivity contribution in [2.45, 2.75) is 11.8 Å². The Hall–Kier alpha value is -1.65. The summed E-state index contributed by atoms with van der Waals surface area (Å²) in [5.41, 5.74) is 0.669. The minimum absolute atomic E-state index is 0.0831. The normalized spacial score (nSPS) is 16.4. The molecule has 2 heterocycles. The van der Waals surface area contributed by atoms with E-state index in [9.17, 15) is 13.2 Å². The van der Waals surface area contributed by atoms with Gasteiger partial charge in [-0.05, 0) is 19.1 Å². The van der Waals surface area contributed by atoms with Gasteiger partial charge in [-0.1, -0.05) is 34.4 Å². The molecule has 1 saturated heterocycles. The fraction of sp³-hybridized carbons (Fsp3) is 0.375. The summed E-state index contributed by atoms with van der Waals surface area (Å²) in [7, 11) is -3.80. The van der Waals surface area contributed by atoms with Crippen LogP contribution in [0, 0.1) is 6.92 Å². The number of carbonyl (C=O) groups is 1. The number of hydrogen-bond acceptors (Lipinski definition) is 6. The zero-order chi connectivity index (χ0) is 19.6. The first kappa shape index (κ1) is 20.1. The lowest BCUT2D eigenvalue weighted by Gasteiger charge is -2.33. The van der Waals surface area contributed by atoms with E-state index in [4.69, 9.17) is 27.7 Å². The molecule has 2 aromatic rings. The summed E-state index contributed by atoms with van der Waals surface area (Å²) in [5.74, 6) is 0.0312. The average molecular weight is 433 g/mol. The molecule has 1 aromatic heterocycles. The molecule has 27 heavy (non-hydrogen) atoms. The molecule has 0 aliphatic carbocycles. The van der Waals surface area contributed by atoms with Gasteiger partial charge in [-0.2, -0.15) is 4.31 Å². The van der Waals surface area contributed by atoms with Gasteiger partial charge in [-0.3, -0.25) is 15.0 Å². The van der Waals surface area contributed by atoms with E-state index in [-0.39, 0.29) is 46.4 Å². The third kappa shape index (κ3) is 4.61. The Balaban J connectivity index is 1.59. The van der Waals surface area contributed by atoms with Crippen LogP contribution in [0.15, 0.2) is 33.7 Å². The predicted octanol–water partition coefficient (Wildman–Crippen LogP) is 2.23. The second-order valence-electron chi connectivity index (χ2n) is 6.11. The summed E-state index contributed by atoms with van der Waals surface area (Å²) in [6.45, 7) is 3.16. The van der Waals surface area contributed by atoms with Crippen molar-refractivity contribution in [2.75, 3.05) is 38.0 Å². The highest BCUT2D eigenvalue weighted by Crippen LogP contribution is 2.31. The van der Waals surface area contributed by atoms with E-state index < -0.39 is 10.0 Å². The number of benzene rings is 1. The minimum atomic E-state index is -3.80. The van der Waals surface area contributed by atoms with Crippen LogP contribution in [0.4, 0.5) is 5.88 Å². The molecule has 1 N–H and O–H groups in total. The summed E-state index contributed by atoms with van der Waals surface area (Å²) < 4.78 is 32.0. The molecule has 0 saturated carbocycles. The van der Waals surface area contributed by atoms with Crippen LogP contribution in [0.5, 0.6) is 0 Å². The molecule has 1 aliphatic heterocycles.